The molecule has 3 rings (SSSR count). The van der Waals surface area contributed by atoms with Gasteiger partial charge in [-0.3, -0.25) is 9.20 Å². The van der Waals surface area contributed by atoms with Gasteiger partial charge in [0.15, 0.2) is 5.82 Å². The van der Waals surface area contributed by atoms with Crippen molar-refractivity contribution < 1.29 is 27.4 Å². The van der Waals surface area contributed by atoms with Gasteiger partial charge in [0, 0.05) is 12.4 Å². The van der Waals surface area contributed by atoms with Crippen LogP contribution in [-0.4, -0.2) is 38.5 Å². The fourth-order valence-electron chi connectivity index (χ4n) is 2.33. The van der Waals surface area contributed by atoms with Crippen LogP contribution in [0.25, 0.3) is 5.65 Å². The molecule has 0 aliphatic carbocycles. The highest BCUT2D eigenvalue weighted by molar-refractivity contribution is 5.96. The van der Waals surface area contributed by atoms with E-state index in [9.17, 15) is 18.0 Å². The van der Waals surface area contributed by atoms with E-state index in [1.807, 2.05) is 0 Å². The van der Waals surface area contributed by atoms with E-state index >= 15 is 0 Å². The van der Waals surface area contributed by atoms with Crippen LogP contribution in [0.3, 0.4) is 0 Å². The molecule has 0 radical (unpaired) electrons. The van der Waals surface area contributed by atoms with E-state index < -0.39 is 18.0 Å². The van der Waals surface area contributed by atoms with Gasteiger partial charge in [-0.1, -0.05) is 12.1 Å². The summed E-state index contributed by atoms with van der Waals surface area (Å²) in [4.78, 5) is 16.3. The molecule has 142 valence electrons. The van der Waals surface area contributed by atoms with E-state index in [0.29, 0.717) is 18.1 Å². The first-order valence-corrected chi connectivity index (χ1v) is 7.83. The molecule has 0 spiro atoms. The zero-order valence-corrected chi connectivity index (χ0v) is 14.0. The molecule has 3 aromatic rings. The summed E-state index contributed by atoms with van der Waals surface area (Å²) in [5, 5.41) is 10.4. The number of fused-ring (bicyclic) bond motifs is 1. The lowest BCUT2D eigenvalue weighted by Gasteiger charge is -2.12. The Kier molecular flexibility index (Phi) is 5.10. The molecule has 1 amide bonds. The number of carbonyl (C=O) groups is 1. The van der Waals surface area contributed by atoms with Gasteiger partial charge in [-0.25, -0.2) is 4.98 Å². The minimum absolute atomic E-state index is 0.0735. The van der Waals surface area contributed by atoms with Gasteiger partial charge in [0.05, 0.1) is 18.7 Å². The molecular formula is C16H14F3N5O3. The maximum Gasteiger partial charge on any atom is 0.573 e. The monoisotopic (exact) mass is 381 g/mol. The maximum absolute atomic E-state index is 12.5. The molecule has 2 aromatic heterocycles. The van der Waals surface area contributed by atoms with Crippen molar-refractivity contribution in [3.8, 4) is 11.6 Å². The number of hydrogen-bond donors (Lipinski definition) is 1. The second-order valence-electron chi connectivity index (χ2n) is 5.20. The Balaban J connectivity index is 1.77. The quantitative estimate of drug-likeness (QED) is 0.705. The third-order valence-corrected chi connectivity index (χ3v) is 3.41. The van der Waals surface area contributed by atoms with Crippen LogP contribution in [0.4, 0.5) is 13.2 Å². The lowest BCUT2D eigenvalue weighted by Crippen LogP contribution is -2.26. The van der Waals surface area contributed by atoms with Gasteiger partial charge in [-0.05, 0) is 19.1 Å². The minimum atomic E-state index is -4.90. The summed E-state index contributed by atoms with van der Waals surface area (Å²) in [7, 11) is 0. The highest BCUT2D eigenvalue weighted by Gasteiger charge is 2.32. The Morgan fingerprint density at radius 2 is 2.04 bits per heavy atom. The number of alkyl halides is 3. The van der Waals surface area contributed by atoms with E-state index in [1.54, 1.807) is 17.5 Å². The van der Waals surface area contributed by atoms with Gasteiger partial charge in [0.1, 0.15) is 5.75 Å². The number of nitrogens with one attached hydrogen (secondary N) is 1. The minimum Gasteiger partial charge on any atom is -0.475 e. The van der Waals surface area contributed by atoms with Crippen molar-refractivity contribution in [2.75, 3.05) is 6.61 Å². The van der Waals surface area contributed by atoms with Crippen molar-refractivity contribution in [2.45, 2.75) is 19.8 Å². The highest BCUT2D eigenvalue weighted by atomic mass is 19.4. The van der Waals surface area contributed by atoms with E-state index in [4.69, 9.17) is 4.74 Å². The Morgan fingerprint density at radius 1 is 1.26 bits per heavy atom. The summed E-state index contributed by atoms with van der Waals surface area (Å²) >= 11 is 0. The Bertz CT molecular complexity index is 958. The average molecular weight is 381 g/mol. The van der Waals surface area contributed by atoms with Crippen LogP contribution in [-0.2, 0) is 6.54 Å². The lowest BCUT2D eigenvalue weighted by molar-refractivity contribution is -0.274. The number of halogens is 3. The molecule has 1 N–H and O–H groups in total. The van der Waals surface area contributed by atoms with Crippen LogP contribution >= 0.6 is 0 Å². The van der Waals surface area contributed by atoms with Crippen molar-refractivity contribution in [1.82, 2.24) is 24.9 Å². The number of para-hydroxylation sites is 1. The first-order valence-electron chi connectivity index (χ1n) is 7.83. The van der Waals surface area contributed by atoms with Crippen LogP contribution < -0.4 is 14.8 Å². The zero-order valence-electron chi connectivity index (χ0n) is 14.0. The van der Waals surface area contributed by atoms with Crippen LogP contribution in [0.15, 0.2) is 36.7 Å². The molecule has 11 heteroatoms. The summed E-state index contributed by atoms with van der Waals surface area (Å²) < 4.78 is 48.2. The fraction of sp³-hybridized carbons (Fsp3) is 0.250. The third-order valence-electron chi connectivity index (χ3n) is 3.41. The van der Waals surface area contributed by atoms with E-state index in [0.717, 1.165) is 6.07 Å². The second kappa shape index (κ2) is 7.48. The molecule has 27 heavy (non-hydrogen) atoms. The number of aromatic nitrogens is 4. The summed E-state index contributed by atoms with van der Waals surface area (Å²) in [6.07, 6.45) is -1.83. The molecule has 0 aliphatic rings. The molecule has 0 fully saturated rings. The van der Waals surface area contributed by atoms with Gasteiger partial charge in [-0.2, -0.15) is 0 Å². The van der Waals surface area contributed by atoms with E-state index in [1.165, 1.54) is 24.4 Å². The Hall–Kier alpha value is -3.37. The summed E-state index contributed by atoms with van der Waals surface area (Å²) in [5.74, 6) is -0.688. The predicted octanol–water partition coefficient (Wildman–Crippen LogP) is 2.35. The number of hydrogen-bond acceptors (Lipinski definition) is 6. The summed E-state index contributed by atoms with van der Waals surface area (Å²) in [5.41, 5.74) is 0.115. The molecule has 8 nitrogen and oxygen atoms in total. The standard InChI is InChI=1S/C16H14F3N5O3/c1-2-26-15-13-23-22-12(24(13)8-7-20-15)9-21-14(25)10-5-3-4-6-11(10)27-16(17,18)19/h3-8H,2,9H2,1H3,(H,21,25). The van der Waals surface area contributed by atoms with Gasteiger partial charge in [-0.15, -0.1) is 23.4 Å². The summed E-state index contributed by atoms with van der Waals surface area (Å²) in [6.45, 7) is 2.11. The second-order valence-corrected chi connectivity index (χ2v) is 5.20. The predicted molar refractivity (Wildman–Crippen MR) is 86.2 cm³/mol. The van der Waals surface area contributed by atoms with Gasteiger partial charge >= 0.3 is 6.36 Å². The Morgan fingerprint density at radius 3 is 2.78 bits per heavy atom. The number of ether oxygens (including phenoxy) is 2. The third kappa shape index (κ3) is 4.25. The molecule has 0 aliphatic heterocycles. The topological polar surface area (TPSA) is 90.6 Å². The molecule has 1 aromatic carbocycles. The van der Waals surface area contributed by atoms with E-state index in [-0.39, 0.29) is 18.0 Å². The number of benzene rings is 1. The zero-order chi connectivity index (χ0) is 19.4. The lowest BCUT2D eigenvalue weighted by atomic mass is 10.2. The molecule has 0 saturated carbocycles. The SMILES string of the molecule is CCOc1nccn2c(CNC(=O)c3ccccc3OC(F)(F)F)nnc12. The molecule has 2 heterocycles. The van der Waals surface area contributed by atoms with Gasteiger partial charge in [0.2, 0.25) is 5.65 Å². The Labute approximate surface area is 150 Å². The maximum atomic E-state index is 12.5. The van der Waals surface area contributed by atoms with Gasteiger partial charge < -0.3 is 14.8 Å². The van der Waals surface area contributed by atoms with E-state index in [2.05, 4.69) is 25.2 Å². The van der Waals surface area contributed by atoms with Crippen LogP contribution in [0.1, 0.15) is 23.1 Å². The molecule has 0 saturated heterocycles. The van der Waals surface area contributed by atoms with Crippen LogP contribution in [0.2, 0.25) is 0 Å². The number of nitrogens with zero attached hydrogens (tertiary/aromatic N) is 4. The van der Waals surface area contributed by atoms with Crippen molar-refractivity contribution in [2.24, 2.45) is 0 Å². The molecule has 0 unspecified atom stereocenters. The number of carbonyl (C=O) groups excluding carboxylic acids is 1. The molecule has 0 atom stereocenters. The highest BCUT2D eigenvalue weighted by Crippen LogP contribution is 2.26. The van der Waals surface area contributed by atoms with Crippen molar-refractivity contribution in [3.05, 3.63) is 48.0 Å². The largest absolute Gasteiger partial charge is 0.573 e. The fourth-order valence-corrected chi connectivity index (χ4v) is 2.33. The van der Waals surface area contributed by atoms with Crippen molar-refractivity contribution in [3.63, 3.8) is 0 Å². The summed E-state index contributed by atoms with van der Waals surface area (Å²) in [6, 6.07) is 5.07. The number of amides is 1. The molecule has 0 bridgehead atoms. The first-order chi connectivity index (χ1) is 12.9. The van der Waals surface area contributed by atoms with Gasteiger partial charge in [0.25, 0.3) is 11.8 Å². The van der Waals surface area contributed by atoms with Crippen LogP contribution in [0.5, 0.6) is 11.6 Å². The van der Waals surface area contributed by atoms with Crippen molar-refractivity contribution >= 4 is 11.6 Å². The number of rotatable bonds is 6. The van der Waals surface area contributed by atoms with Crippen LogP contribution in [0, 0.1) is 0 Å². The first kappa shape index (κ1) is 18.4. The smallest absolute Gasteiger partial charge is 0.475 e. The normalized spacial score (nSPS) is 11.4. The van der Waals surface area contributed by atoms with Crippen molar-refractivity contribution in [1.29, 1.82) is 0 Å². The average Bonchev–Trinajstić information content (AvgIpc) is 3.03. The molecular weight excluding hydrogens is 367 g/mol.